The van der Waals surface area contributed by atoms with Gasteiger partial charge in [-0.15, -0.1) is 0 Å². The van der Waals surface area contributed by atoms with Gasteiger partial charge in [0, 0.05) is 0 Å². The van der Waals surface area contributed by atoms with E-state index in [0.717, 1.165) is 0 Å². The molecule has 0 aliphatic rings. The molecule has 0 aliphatic carbocycles. The first-order valence-corrected chi connectivity index (χ1v) is 20.0. The van der Waals surface area contributed by atoms with E-state index in [1.807, 2.05) is 0 Å². The van der Waals surface area contributed by atoms with E-state index in [0.29, 0.717) is 0 Å². The second-order valence-electron chi connectivity index (χ2n) is 14.7. The summed E-state index contributed by atoms with van der Waals surface area (Å²) in [5.41, 5.74) is 13.4. The Hall–Kier alpha value is -1.50. The fraction of sp³-hybridized carbons (Fsp3) is 0.500. The van der Waals surface area contributed by atoms with Crippen LogP contribution < -0.4 is 14.1 Å². The number of benzene rings is 3. The minimum atomic E-state index is -2.05. The van der Waals surface area contributed by atoms with Crippen LogP contribution in [0.3, 0.4) is 0 Å². The number of rotatable bonds is 3. The van der Waals surface area contributed by atoms with Crippen LogP contribution in [0.25, 0.3) is 0 Å². The predicted molar refractivity (Wildman–Crippen MR) is 175 cm³/mol. The molecule has 38 heavy (non-hydrogen) atoms. The second kappa shape index (κ2) is 10.8. The SMILES string of the molecule is Cc1cc(C)[c]([Ge](=[P]c2c(C(C)(C)C)cc(C(C)(C)C)cc2C(C)(C)C)[c]2c(C)cc(C)cc2C)c(C)c1. The summed E-state index contributed by atoms with van der Waals surface area (Å²) in [6, 6.07) is 14.8. The number of aryl methyl sites for hydroxylation is 6. The van der Waals surface area contributed by atoms with E-state index < -0.39 is 13.4 Å². The average molecular weight is 587 g/mol. The van der Waals surface area contributed by atoms with Crippen LogP contribution in [0.5, 0.6) is 0 Å². The molecule has 3 rings (SSSR count). The minimum absolute atomic E-state index is 0.0712. The topological polar surface area (TPSA) is 0 Å². The van der Waals surface area contributed by atoms with Gasteiger partial charge in [-0.2, -0.15) is 0 Å². The van der Waals surface area contributed by atoms with Gasteiger partial charge in [-0.05, 0) is 0 Å². The molecule has 0 radical (unpaired) electrons. The molecule has 0 heterocycles. The molecule has 0 saturated heterocycles. The van der Waals surface area contributed by atoms with Crippen molar-refractivity contribution in [1.82, 2.24) is 0 Å². The van der Waals surface area contributed by atoms with Crippen molar-refractivity contribution in [3.8, 4) is 0 Å². The van der Waals surface area contributed by atoms with Crippen LogP contribution >= 0.6 is 6.75 Å². The molecule has 0 fully saturated rings. The molecule has 0 amide bonds. The first-order chi connectivity index (χ1) is 17.2. The van der Waals surface area contributed by atoms with Crippen molar-refractivity contribution in [2.45, 2.75) is 120 Å². The molecule has 0 aliphatic heterocycles. The van der Waals surface area contributed by atoms with E-state index in [-0.39, 0.29) is 16.2 Å². The van der Waals surface area contributed by atoms with Crippen molar-refractivity contribution < 1.29 is 0 Å². The molecule has 0 N–H and O–H groups in total. The Bertz CT molecular complexity index is 1260. The Morgan fingerprint density at radius 2 is 0.789 bits per heavy atom. The van der Waals surface area contributed by atoms with E-state index in [9.17, 15) is 0 Å². The van der Waals surface area contributed by atoms with Crippen LogP contribution in [0.15, 0.2) is 36.4 Å². The van der Waals surface area contributed by atoms with Gasteiger partial charge in [0.05, 0.1) is 0 Å². The summed E-state index contributed by atoms with van der Waals surface area (Å²) >= 11 is -2.05. The third kappa shape index (κ3) is 6.62. The van der Waals surface area contributed by atoms with Crippen LogP contribution in [0.4, 0.5) is 0 Å². The van der Waals surface area contributed by atoms with Crippen LogP contribution in [0.2, 0.25) is 0 Å². The monoisotopic (exact) mass is 588 g/mol. The van der Waals surface area contributed by atoms with Crippen molar-refractivity contribution >= 4 is 34.3 Å². The van der Waals surface area contributed by atoms with Gasteiger partial charge in [0.25, 0.3) is 0 Å². The zero-order valence-electron chi connectivity index (χ0n) is 26.9. The van der Waals surface area contributed by atoms with Crippen molar-refractivity contribution in [3.63, 3.8) is 0 Å². The molecule has 0 aromatic heterocycles. The van der Waals surface area contributed by atoms with E-state index in [1.54, 1.807) is 14.1 Å². The molecule has 0 spiro atoms. The van der Waals surface area contributed by atoms with Gasteiger partial charge in [-0.3, -0.25) is 0 Å². The number of hydrogen-bond acceptors (Lipinski definition) is 0. The molecule has 0 atom stereocenters. The van der Waals surface area contributed by atoms with E-state index in [1.165, 1.54) is 56.8 Å². The molecular formula is C36H51GeP. The van der Waals surface area contributed by atoms with Gasteiger partial charge in [0.15, 0.2) is 0 Å². The zero-order valence-corrected chi connectivity index (χ0v) is 29.9. The molecule has 204 valence electrons. The molecule has 3 aromatic carbocycles. The molecule has 0 unspecified atom stereocenters. The zero-order chi connectivity index (χ0) is 29.0. The summed E-state index contributed by atoms with van der Waals surface area (Å²) in [4.78, 5) is 0. The van der Waals surface area contributed by atoms with Crippen LogP contribution in [0.1, 0.15) is 112 Å². The molecule has 2 heteroatoms. The van der Waals surface area contributed by atoms with E-state index in [2.05, 4.69) is 140 Å². The van der Waals surface area contributed by atoms with Crippen LogP contribution in [0, 0.1) is 41.5 Å². The van der Waals surface area contributed by atoms with Crippen molar-refractivity contribution in [1.29, 1.82) is 0 Å². The first kappa shape index (κ1) is 31.0. The summed E-state index contributed by atoms with van der Waals surface area (Å²) < 4.78 is 3.32. The molecule has 0 nitrogen and oxygen atoms in total. The third-order valence-corrected chi connectivity index (χ3v) is 19.0. The van der Waals surface area contributed by atoms with Crippen LogP contribution in [-0.2, 0) is 16.2 Å². The first-order valence-electron chi connectivity index (χ1n) is 14.2. The van der Waals surface area contributed by atoms with E-state index >= 15 is 0 Å². The predicted octanol–water partition coefficient (Wildman–Crippen LogP) is 8.81. The van der Waals surface area contributed by atoms with Crippen molar-refractivity contribution in [2.24, 2.45) is 0 Å². The van der Waals surface area contributed by atoms with Crippen LogP contribution in [-0.4, -0.2) is 13.4 Å². The van der Waals surface area contributed by atoms with Crippen molar-refractivity contribution in [2.75, 3.05) is 0 Å². The summed E-state index contributed by atoms with van der Waals surface area (Å²) in [5.74, 6) is 0. The Morgan fingerprint density at radius 3 is 1.05 bits per heavy atom. The molecule has 0 saturated carbocycles. The maximum atomic E-state index is 2.55. The van der Waals surface area contributed by atoms with Gasteiger partial charge < -0.3 is 0 Å². The Kier molecular flexibility index (Phi) is 8.84. The molecule has 0 bridgehead atoms. The molecule has 3 aromatic rings. The van der Waals surface area contributed by atoms with Gasteiger partial charge in [0.2, 0.25) is 0 Å². The quantitative estimate of drug-likeness (QED) is 0.212. The summed E-state index contributed by atoms with van der Waals surface area (Å²) in [6.07, 6.45) is 0. The Morgan fingerprint density at radius 1 is 0.474 bits per heavy atom. The summed E-state index contributed by atoms with van der Waals surface area (Å²) in [5, 5.41) is 1.59. The normalized spacial score (nSPS) is 12.8. The summed E-state index contributed by atoms with van der Waals surface area (Å²) in [7, 11) is 0. The van der Waals surface area contributed by atoms with Crippen molar-refractivity contribution in [3.05, 3.63) is 86.5 Å². The summed E-state index contributed by atoms with van der Waals surface area (Å²) in [6.45, 7) is 37.0. The fourth-order valence-electron chi connectivity index (χ4n) is 5.79. The van der Waals surface area contributed by atoms with Gasteiger partial charge in [0.1, 0.15) is 0 Å². The van der Waals surface area contributed by atoms with E-state index in [4.69, 9.17) is 0 Å². The van der Waals surface area contributed by atoms with Gasteiger partial charge in [-0.25, -0.2) is 0 Å². The third-order valence-electron chi connectivity index (χ3n) is 7.64. The number of hydrogen-bond donors (Lipinski definition) is 0. The molecular weight excluding hydrogens is 536 g/mol. The fourth-order valence-corrected chi connectivity index (χ4v) is 19.5. The Balaban J connectivity index is 2.62. The van der Waals surface area contributed by atoms with Gasteiger partial charge >= 0.3 is 241 Å². The average Bonchev–Trinajstić information content (AvgIpc) is 2.69. The standard InChI is InChI=1S/C36H51GeP/c1-22-16-24(3)31(25(4)17-22)37(32-26(5)18-23(2)19-27(32)6)38-33-29(35(10,11)12)20-28(34(7,8)9)21-30(33)36(13,14)15/h16-21H,1-15H3. The second-order valence-corrected chi connectivity index (χ2v) is 22.6. The maximum absolute atomic E-state index is 2.55. The Labute approximate surface area is 240 Å². The van der Waals surface area contributed by atoms with Gasteiger partial charge in [-0.1, -0.05) is 0 Å².